The van der Waals surface area contributed by atoms with Crippen LogP contribution in [0.1, 0.15) is 21.8 Å². The minimum absolute atomic E-state index is 0.166. The third-order valence-corrected chi connectivity index (χ3v) is 7.09. The van der Waals surface area contributed by atoms with Gasteiger partial charge in [-0.15, -0.1) is 11.3 Å². The van der Waals surface area contributed by atoms with E-state index in [9.17, 15) is 9.59 Å². The monoisotopic (exact) mass is 488 g/mol. The second-order valence-electron chi connectivity index (χ2n) is 8.56. The fraction of sp³-hybridized carbons (Fsp3) is 0.296. The molecule has 1 aliphatic rings. The molecule has 7 nitrogen and oxygen atoms in total. The summed E-state index contributed by atoms with van der Waals surface area (Å²) in [5.41, 5.74) is 0.696. The maximum atomic E-state index is 14.0. The number of benzene rings is 2. The molecule has 0 unspecified atom stereocenters. The molecule has 180 valence electrons. The van der Waals surface area contributed by atoms with Crippen LogP contribution < -0.4 is 5.56 Å². The van der Waals surface area contributed by atoms with Crippen LogP contribution in [0.15, 0.2) is 76.9 Å². The Labute approximate surface area is 208 Å². The number of para-hydroxylation sites is 1. The van der Waals surface area contributed by atoms with E-state index < -0.39 is 0 Å². The fourth-order valence-electron chi connectivity index (χ4n) is 4.39. The van der Waals surface area contributed by atoms with Crippen molar-refractivity contribution in [3.63, 3.8) is 0 Å². The first-order valence-electron chi connectivity index (χ1n) is 11.9. The number of nitrogens with zero attached hydrogens (tertiary/aromatic N) is 4. The lowest BCUT2D eigenvalue weighted by Crippen LogP contribution is -2.39. The van der Waals surface area contributed by atoms with Gasteiger partial charge in [0.1, 0.15) is 0 Å². The molecule has 0 atom stereocenters. The van der Waals surface area contributed by atoms with Crippen molar-refractivity contribution in [1.29, 1.82) is 0 Å². The zero-order valence-corrected chi connectivity index (χ0v) is 20.3. The maximum Gasteiger partial charge on any atom is 0.279 e. The lowest BCUT2D eigenvalue weighted by molar-refractivity contribution is 0.0355. The number of morpholine rings is 1. The normalized spacial score (nSPS) is 14.3. The van der Waals surface area contributed by atoms with E-state index in [0.29, 0.717) is 35.2 Å². The van der Waals surface area contributed by atoms with Gasteiger partial charge in [-0.1, -0.05) is 42.5 Å². The molecule has 0 radical (unpaired) electrons. The Balaban J connectivity index is 1.49. The Bertz CT molecular complexity index is 1330. The van der Waals surface area contributed by atoms with Gasteiger partial charge in [0, 0.05) is 36.4 Å². The summed E-state index contributed by atoms with van der Waals surface area (Å²) in [7, 11) is 0. The van der Waals surface area contributed by atoms with E-state index in [1.54, 1.807) is 17.4 Å². The van der Waals surface area contributed by atoms with Crippen molar-refractivity contribution in [3.8, 4) is 5.69 Å². The predicted molar refractivity (Wildman–Crippen MR) is 138 cm³/mol. The first-order valence-corrected chi connectivity index (χ1v) is 12.8. The zero-order chi connectivity index (χ0) is 24.0. The second kappa shape index (κ2) is 10.9. The van der Waals surface area contributed by atoms with Crippen LogP contribution in [0.4, 0.5) is 0 Å². The molecule has 5 rings (SSSR count). The topological polar surface area (TPSA) is 67.7 Å². The quantitative estimate of drug-likeness (QED) is 0.377. The van der Waals surface area contributed by atoms with Gasteiger partial charge in [-0.2, -0.15) is 9.78 Å². The van der Waals surface area contributed by atoms with Gasteiger partial charge in [0.05, 0.1) is 30.8 Å². The van der Waals surface area contributed by atoms with Gasteiger partial charge >= 0.3 is 0 Å². The maximum absolute atomic E-state index is 14.0. The second-order valence-corrected chi connectivity index (χ2v) is 9.59. The van der Waals surface area contributed by atoms with Crippen molar-refractivity contribution in [2.75, 3.05) is 39.4 Å². The molecule has 1 fully saturated rings. The lowest BCUT2D eigenvalue weighted by atomic mass is 10.1. The summed E-state index contributed by atoms with van der Waals surface area (Å²) < 4.78 is 6.79. The Morgan fingerprint density at radius 3 is 2.46 bits per heavy atom. The van der Waals surface area contributed by atoms with Gasteiger partial charge in [0.25, 0.3) is 11.5 Å². The zero-order valence-electron chi connectivity index (χ0n) is 19.5. The molecule has 4 aromatic rings. The number of amides is 1. The van der Waals surface area contributed by atoms with Crippen LogP contribution in [0.25, 0.3) is 16.5 Å². The lowest BCUT2D eigenvalue weighted by Gasteiger charge is -2.28. The Morgan fingerprint density at radius 1 is 0.971 bits per heavy atom. The summed E-state index contributed by atoms with van der Waals surface area (Å²) in [4.78, 5) is 32.6. The molecule has 8 heteroatoms. The molecule has 35 heavy (non-hydrogen) atoms. The first kappa shape index (κ1) is 23.4. The molecule has 3 heterocycles. The number of rotatable bonds is 8. The van der Waals surface area contributed by atoms with Crippen LogP contribution in [0.2, 0.25) is 0 Å². The number of carbonyl (C=O) groups is 1. The third kappa shape index (κ3) is 5.35. The van der Waals surface area contributed by atoms with Crippen LogP contribution in [0.3, 0.4) is 0 Å². The third-order valence-electron chi connectivity index (χ3n) is 6.23. The smallest absolute Gasteiger partial charge is 0.279 e. The van der Waals surface area contributed by atoms with Gasteiger partial charge < -0.3 is 9.64 Å². The van der Waals surface area contributed by atoms with Crippen molar-refractivity contribution in [2.24, 2.45) is 0 Å². The van der Waals surface area contributed by atoms with E-state index in [-0.39, 0.29) is 11.5 Å². The highest BCUT2D eigenvalue weighted by atomic mass is 32.1. The number of aromatic nitrogens is 2. The van der Waals surface area contributed by atoms with E-state index >= 15 is 0 Å². The van der Waals surface area contributed by atoms with Crippen molar-refractivity contribution >= 4 is 28.0 Å². The number of ether oxygens (including phenoxy) is 1. The van der Waals surface area contributed by atoms with E-state index in [1.165, 1.54) is 4.68 Å². The molecular formula is C27H28N4O3S. The van der Waals surface area contributed by atoms with E-state index in [1.807, 2.05) is 70.9 Å². The van der Waals surface area contributed by atoms with Gasteiger partial charge in [-0.25, -0.2) is 0 Å². The van der Waals surface area contributed by atoms with E-state index in [4.69, 9.17) is 4.74 Å². The molecule has 0 spiro atoms. The Hall–Kier alpha value is -3.33. The van der Waals surface area contributed by atoms with Crippen LogP contribution >= 0.6 is 11.3 Å². The minimum Gasteiger partial charge on any atom is -0.379 e. The van der Waals surface area contributed by atoms with Crippen LogP contribution in [-0.2, 0) is 11.3 Å². The Morgan fingerprint density at radius 2 is 1.71 bits per heavy atom. The highest BCUT2D eigenvalue weighted by Crippen LogP contribution is 2.20. The van der Waals surface area contributed by atoms with E-state index in [2.05, 4.69) is 10.00 Å². The van der Waals surface area contributed by atoms with Gasteiger partial charge in [0.2, 0.25) is 0 Å². The highest BCUT2D eigenvalue weighted by molar-refractivity contribution is 7.09. The summed E-state index contributed by atoms with van der Waals surface area (Å²) in [5, 5.41) is 7.70. The molecular weight excluding hydrogens is 460 g/mol. The highest BCUT2D eigenvalue weighted by Gasteiger charge is 2.23. The molecule has 0 aliphatic carbocycles. The van der Waals surface area contributed by atoms with Crippen molar-refractivity contribution < 1.29 is 9.53 Å². The molecule has 2 aromatic carbocycles. The molecule has 2 aromatic heterocycles. The minimum atomic E-state index is -0.236. The summed E-state index contributed by atoms with van der Waals surface area (Å²) in [5.74, 6) is -0.166. The van der Waals surface area contributed by atoms with Crippen LogP contribution in [0, 0.1) is 0 Å². The average Bonchev–Trinajstić information content (AvgIpc) is 3.42. The van der Waals surface area contributed by atoms with Crippen molar-refractivity contribution in [3.05, 3.63) is 93.0 Å². The average molecular weight is 489 g/mol. The summed E-state index contributed by atoms with van der Waals surface area (Å²) in [6, 6.07) is 20.5. The molecule has 0 bridgehead atoms. The van der Waals surface area contributed by atoms with Gasteiger partial charge in [-0.3, -0.25) is 14.5 Å². The largest absolute Gasteiger partial charge is 0.379 e. The number of hydrogen-bond donors (Lipinski definition) is 0. The van der Waals surface area contributed by atoms with E-state index in [0.717, 1.165) is 44.1 Å². The molecule has 1 saturated heterocycles. The standard InChI is InChI=1S/C27H28N4O3S/c32-26-24-12-5-4-11-23(24)25(28-31(26)21-8-2-1-3-9-21)27(33)30(20-22-10-6-19-35-22)14-7-13-29-15-17-34-18-16-29/h1-6,8-12,19H,7,13-18,20H2. The molecule has 1 amide bonds. The number of fused-ring (bicyclic) bond motifs is 1. The van der Waals surface area contributed by atoms with Crippen LogP contribution in [-0.4, -0.2) is 64.9 Å². The Kier molecular flexibility index (Phi) is 7.32. The molecule has 0 saturated carbocycles. The summed E-state index contributed by atoms with van der Waals surface area (Å²) >= 11 is 1.64. The first-order chi connectivity index (χ1) is 17.2. The number of carbonyl (C=O) groups excluding carboxylic acids is 1. The number of thiophene rings is 1. The van der Waals surface area contributed by atoms with Crippen molar-refractivity contribution in [2.45, 2.75) is 13.0 Å². The number of hydrogen-bond acceptors (Lipinski definition) is 6. The predicted octanol–water partition coefficient (Wildman–Crippen LogP) is 3.81. The van der Waals surface area contributed by atoms with Crippen LogP contribution in [0.5, 0.6) is 0 Å². The molecule has 0 N–H and O–H groups in total. The molecule has 1 aliphatic heterocycles. The summed E-state index contributed by atoms with van der Waals surface area (Å²) in [6.07, 6.45) is 0.855. The van der Waals surface area contributed by atoms with Gasteiger partial charge in [-0.05, 0) is 36.1 Å². The summed E-state index contributed by atoms with van der Waals surface area (Å²) in [6.45, 7) is 5.40. The van der Waals surface area contributed by atoms with Gasteiger partial charge in [0.15, 0.2) is 5.69 Å². The SMILES string of the molecule is O=C(c1nn(-c2ccccc2)c(=O)c2ccccc12)N(CCCN1CCOCC1)Cc1cccs1. The fourth-order valence-corrected chi connectivity index (χ4v) is 5.11. The van der Waals surface area contributed by atoms with Crippen molar-refractivity contribution in [1.82, 2.24) is 19.6 Å².